The van der Waals surface area contributed by atoms with Crippen LogP contribution >= 0.6 is 11.8 Å². The largest absolute Gasteiger partial charge is 0.296 e. The van der Waals surface area contributed by atoms with Crippen molar-refractivity contribution >= 4 is 17.4 Å². The molecule has 98 valence electrons. The summed E-state index contributed by atoms with van der Waals surface area (Å²) >= 11 is 1.56. The first kappa shape index (κ1) is 12.5. The van der Waals surface area contributed by atoms with E-state index in [9.17, 15) is 5.26 Å². The lowest BCUT2D eigenvalue weighted by molar-refractivity contribution is 0.490. The Morgan fingerprint density at radius 1 is 1.53 bits per heavy atom. The summed E-state index contributed by atoms with van der Waals surface area (Å²) in [6.07, 6.45) is 4.29. The van der Waals surface area contributed by atoms with Gasteiger partial charge in [0, 0.05) is 18.0 Å². The van der Waals surface area contributed by atoms with E-state index in [1.807, 2.05) is 35.7 Å². The van der Waals surface area contributed by atoms with E-state index in [0.29, 0.717) is 11.8 Å². The molecule has 3 rings (SSSR count). The number of nitriles is 1. The molecule has 0 saturated heterocycles. The summed E-state index contributed by atoms with van der Waals surface area (Å²) in [5, 5.41) is 21.8. The number of hydrogen-bond acceptors (Lipinski definition) is 5. The second-order valence-corrected chi connectivity index (χ2v) is 6.01. The standard InChI is InChI=1S/C13H15N5S/c1-13(8-14,15-10-5-6-10)9-19-12-17-16-11-4-2-3-7-18(11)12/h2-4,7,10,15H,5-6,9H2,1H3. The molecule has 1 aliphatic rings. The summed E-state index contributed by atoms with van der Waals surface area (Å²) in [7, 11) is 0. The molecule has 2 aromatic rings. The normalized spacial score (nSPS) is 18.1. The molecule has 6 heteroatoms. The Balaban J connectivity index is 1.72. The zero-order chi connectivity index (χ0) is 13.3. The second kappa shape index (κ2) is 4.83. The Labute approximate surface area is 116 Å². The smallest absolute Gasteiger partial charge is 0.195 e. The van der Waals surface area contributed by atoms with Gasteiger partial charge in [-0.2, -0.15) is 5.26 Å². The number of rotatable bonds is 5. The summed E-state index contributed by atoms with van der Waals surface area (Å²) in [5.74, 6) is 0.662. The Kier molecular flexibility index (Phi) is 3.17. The predicted octanol–water partition coefficient (Wildman–Crippen LogP) is 1.86. The monoisotopic (exact) mass is 273 g/mol. The number of hydrogen-bond donors (Lipinski definition) is 1. The van der Waals surface area contributed by atoms with Gasteiger partial charge in [0.15, 0.2) is 10.8 Å². The van der Waals surface area contributed by atoms with Gasteiger partial charge in [-0.1, -0.05) is 17.8 Å². The molecular formula is C13H15N5S. The fourth-order valence-electron chi connectivity index (χ4n) is 1.91. The first-order valence-corrected chi connectivity index (χ1v) is 7.30. The highest BCUT2D eigenvalue weighted by Crippen LogP contribution is 2.26. The first-order valence-electron chi connectivity index (χ1n) is 6.32. The van der Waals surface area contributed by atoms with Crippen LogP contribution in [-0.2, 0) is 0 Å². The average molecular weight is 273 g/mol. The Morgan fingerprint density at radius 2 is 2.37 bits per heavy atom. The minimum Gasteiger partial charge on any atom is -0.296 e. The third-order valence-corrected chi connectivity index (χ3v) is 4.38. The van der Waals surface area contributed by atoms with E-state index in [1.165, 1.54) is 12.8 Å². The maximum Gasteiger partial charge on any atom is 0.195 e. The maximum absolute atomic E-state index is 9.34. The van der Waals surface area contributed by atoms with E-state index in [1.54, 1.807) is 11.8 Å². The minimum atomic E-state index is -0.507. The predicted molar refractivity (Wildman–Crippen MR) is 73.9 cm³/mol. The van der Waals surface area contributed by atoms with Crippen LogP contribution in [0.25, 0.3) is 5.65 Å². The average Bonchev–Trinajstić information content (AvgIpc) is 3.14. The molecular weight excluding hydrogens is 258 g/mol. The summed E-state index contributed by atoms with van der Waals surface area (Å²) in [6.45, 7) is 1.95. The molecule has 0 aliphatic heterocycles. The van der Waals surface area contributed by atoms with Crippen molar-refractivity contribution in [1.82, 2.24) is 19.9 Å². The number of nitrogens with zero attached hydrogens (tertiary/aromatic N) is 4. The van der Waals surface area contributed by atoms with Crippen molar-refractivity contribution in [1.29, 1.82) is 5.26 Å². The Morgan fingerprint density at radius 3 is 3.11 bits per heavy atom. The molecule has 0 spiro atoms. The Hall–Kier alpha value is -1.58. The van der Waals surface area contributed by atoms with Crippen molar-refractivity contribution in [3.8, 4) is 6.07 Å². The van der Waals surface area contributed by atoms with Gasteiger partial charge in [0.2, 0.25) is 0 Å². The van der Waals surface area contributed by atoms with Crippen LogP contribution < -0.4 is 5.32 Å². The highest BCUT2D eigenvalue weighted by atomic mass is 32.2. The van der Waals surface area contributed by atoms with Crippen molar-refractivity contribution in [2.75, 3.05) is 5.75 Å². The van der Waals surface area contributed by atoms with E-state index in [4.69, 9.17) is 0 Å². The van der Waals surface area contributed by atoms with E-state index in [2.05, 4.69) is 21.6 Å². The van der Waals surface area contributed by atoms with Crippen LogP contribution in [0.2, 0.25) is 0 Å². The van der Waals surface area contributed by atoms with Gasteiger partial charge in [-0.05, 0) is 31.9 Å². The molecule has 0 amide bonds. The van der Waals surface area contributed by atoms with Crippen LogP contribution in [0, 0.1) is 11.3 Å². The van der Waals surface area contributed by atoms with Crippen molar-refractivity contribution in [3.63, 3.8) is 0 Å². The highest BCUT2D eigenvalue weighted by Gasteiger charge is 2.32. The molecule has 1 atom stereocenters. The van der Waals surface area contributed by atoms with Gasteiger partial charge in [0.05, 0.1) is 6.07 Å². The highest BCUT2D eigenvalue weighted by molar-refractivity contribution is 7.99. The molecule has 1 aliphatic carbocycles. The summed E-state index contributed by atoms with van der Waals surface area (Å²) < 4.78 is 1.94. The van der Waals surface area contributed by atoms with E-state index >= 15 is 0 Å². The molecule has 2 aromatic heterocycles. The lowest BCUT2D eigenvalue weighted by Gasteiger charge is -2.22. The third-order valence-electron chi connectivity index (χ3n) is 3.12. The van der Waals surface area contributed by atoms with Gasteiger partial charge in [-0.25, -0.2) is 0 Å². The van der Waals surface area contributed by atoms with Crippen LogP contribution in [-0.4, -0.2) is 31.9 Å². The fourth-order valence-corrected chi connectivity index (χ4v) is 2.87. The molecule has 1 unspecified atom stereocenters. The van der Waals surface area contributed by atoms with Crippen molar-refractivity contribution in [3.05, 3.63) is 24.4 Å². The zero-order valence-electron chi connectivity index (χ0n) is 10.7. The number of nitrogens with one attached hydrogen (secondary N) is 1. The molecule has 0 aromatic carbocycles. The van der Waals surface area contributed by atoms with Crippen LogP contribution in [0.5, 0.6) is 0 Å². The number of fused-ring (bicyclic) bond motifs is 1. The van der Waals surface area contributed by atoms with Crippen LogP contribution in [0.15, 0.2) is 29.6 Å². The van der Waals surface area contributed by atoms with Crippen molar-refractivity contribution < 1.29 is 0 Å². The zero-order valence-corrected chi connectivity index (χ0v) is 11.5. The minimum absolute atomic E-state index is 0.507. The summed E-state index contributed by atoms with van der Waals surface area (Å²) in [6, 6.07) is 8.69. The lowest BCUT2D eigenvalue weighted by Crippen LogP contribution is -2.44. The third kappa shape index (κ3) is 2.72. The quantitative estimate of drug-likeness (QED) is 0.842. The van der Waals surface area contributed by atoms with Gasteiger partial charge in [0.1, 0.15) is 5.54 Å². The summed E-state index contributed by atoms with van der Waals surface area (Å²) in [5.41, 5.74) is 0.325. The van der Waals surface area contributed by atoms with Gasteiger partial charge in [-0.3, -0.25) is 9.72 Å². The molecule has 1 N–H and O–H groups in total. The van der Waals surface area contributed by atoms with E-state index < -0.39 is 5.54 Å². The molecule has 0 radical (unpaired) electrons. The number of aromatic nitrogens is 3. The van der Waals surface area contributed by atoms with Crippen LogP contribution in [0.1, 0.15) is 19.8 Å². The van der Waals surface area contributed by atoms with E-state index in [0.717, 1.165) is 10.8 Å². The molecule has 5 nitrogen and oxygen atoms in total. The van der Waals surface area contributed by atoms with Gasteiger partial charge in [-0.15, -0.1) is 10.2 Å². The van der Waals surface area contributed by atoms with Gasteiger partial charge in [0.25, 0.3) is 0 Å². The molecule has 2 heterocycles. The number of thioether (sulfide) groups is 1. The van der Waals surface area contributed by atoms with Gasteiger partial charge >= 0.3 is 0 Å². The second-order valence-electron chi connectivity index (χ2n) is 5.06. The van der Waals surface area contributed by atoms with E-state index in [-0.39, 0.29) is 0 Å². The molecule has 1 saturated carbocycles. The Bertz CT molecular complexity index is 627. The maximum atomic E-state index is 9.34. The number of pyridine rings is 1. The summed E-state index contributed by atoms with van der Waals surface area (Å²) in [4.78, 5) is 0. The van der Waals surface area contributed by atoms with Crippen molar-refractivity contribution in [2.24, 2.45) is 0 Å². The molecule has 1 fully saturated rings. The lowest BCUT2D eigenvalue weighted by atomic mass is 10.1. The first-order chi connectivity index (χ1) is 9.20. The van der Waals surface area contributed by atoms with Crippen molar-refractivity contribution in [2.45, 2.75) is 36.5 Å². The van der Waals surface area contributed by atoms with Crippen LogP contribution in [0.3, 0.4) is 0 Å². The fraction of sp³-hybridized carbons (Fsp3) is 0.462. The van der Waals surface area contributed by atoms with Crippen LogP contribution in [0.4, 0.5) is 0 Å². The topological polar surface area (TPSA) is 66.0 Å². The SMILES string of the molecule is CC(C#N)(CSc1nnc2ccccn12)NC1CC1. The molecule has 19 heavy (non-hydrogen) atoms. The van der Waals surface area contributed by atoms with Gasteiger partial charge < -0.3 is 0 Å². The molecule has 0 bridgehead atoms.